The van der Waals surface area contributed by atoms with Gasteiger partial charge in [-0.1, -0.05) is 96.1 Å². The SMILES string of the molecule is Cc1ccc(S(=O)(=O)N(CC(=O)N(Cc2cccc(C)c2)C(Cc2ccccc2)C(=O)NC(C)(C)C)c2ccccc2)cc1. The number of hydrogen-bond donors (Lipinski definition) is 1. The summed E-state index contributed by atoms with van der Waals surface area (Å²) in [4.78, 5) is 30.0. The van der Waals surface area contributed by atoms with Gasteiger partial charge < -0.3 is 10.2 Å². The summed E-state index contributed by atoms with van der Waals surface area (Å²) in [5.74, 6) is -0.800. The topological polar surface area (TPSA) is 86.8 Å². The third-order valence-corrected chi connectivity index (χ3v) is 8.92. The highest BCUT2D eigenvalue weighted by Gasteiger charge is 2.35. The molecule has 0 aliphatic carbocycles. The Hall–Kier alpha value is -4.43. The molecule has 0 heterocycles. The van der Waals surface area contributed by atoms with Crippen LogP contribution in [0.3, 0.4) is 0 Å². The average molecular weight is 612 g/mol. The Morgan fingerprint density at radius 3 is 1.93 bits per heavy atom. The molecule has 2 amide bonds. The third kappa shape index (κ3) is 8.57. The van der Waals surface area contributed by atoms with Gasteiger partial charge in [0.25, 0.3) is 10.0 Å². The van der Waals surface area contributed by atoms with Crippen molar-refractivity contribution in [2.45, 2.75) is 64.1 Å². The van der Waals surface area contributed by atoms with Gasteiger partial charge in [0.05, 0.1) is 10.6 Å². The Morgan fingerprint density at radius 1 is 0.750 bits per heavy atom. The van der Waals surface area contributed by atoms with Gasteiger partial charge in [-0.3, -0.25) is 13.9 Å². The molecular weight excluding hydrogens is 570 g/mol. The van der Waals surface area contributed by atoms with E-state index < -0.39 is 34.1 Å². The Labute approximate surface area is 261 Å². The molecule has 4 rings (SSSR count). The molecule has 0 spiro atoms. The number of rotatable bonds is 11. The van der Waals surface area contributed by atoms with Gasteiger partial charge in [0.15, 0.2) is 0 Å². The standard InChI is InChI=1S/C36H41N3O4S/c1-27-19-21-32(22-20-27)44(42,43)39(31-17-10-7-11-18-31)26-34(40)38(25-30-16-12-13-28(2)23-30)33(35(41)37-36(3,4)5)24-29-14-8-6-9-15-29/h6-23,33H,24-26H2,1-5H3,(H,37,41). The van der Waals surface area contributed by atoms with Crippen molar-refractivity contribution < 1.29 is 18.0 Å². The monoisotopic (exact) mass is 611 g/mol. The quantitative estimate of drug-likeness (QED) is 0.224. The van der Waals surface area contributed by atoms with Crippen molar-refractivity contribution in [2.24, 2.45) is 0 Å². The Kier molecular flexibility index (Phi) is 10.3. The highest BCUT2D eigenvalue weighted by atomic mass is 32.2. The molecule has 230 valence electrons. The Balaban J connectivity index is 1.80. The van der Waals surface area contributed by atoms with E-state index in [1.54, 1.807) is 54.6 Å². The van der Waals surface area contributed by atoms with Crippen molar-refractivity contribution in [3.8, 4) is 0 Å². The number of nitrogens with one attached hydrogen (secondary N) is 1. The molecule has 7 nitrogen and oxygen atoms in total. The lowest BCUT2D eigenvalue weighted by Gasteiger charge is -2.35. The van der Waals surface area contributed by atoms with Crippen LogP contribution in [0.15, 0.2) is 114 Å². The van der Waals surface area contributed by atoms with Crippen molar-refractivity contribution in [1.29, 1.82) is 0 Å². The predicted molar refractivity (Wildman–Crippen MR) is 176 cm³/mol. The summed E-state index contributed by atoms with van der Waals surface area (Å²) in [7, 11) is -4.13. The van der Waals surface area contributed by atoms with Crippen molar-refractivity contribution in [3.63, 3.8) is 0 Å². The fourth-order valence-electron chi connectivity index (χ4n) is 4.97. The average Bonchev–Trinajstić information content (AvgIpc) is 2.98. The zero-order valence-corrected chi connectivity index (χ0v) is 26.8. The van der Waals surface area contributed by atoms with Gasteiger partial charge >= 0.3 is 0 Å². The number of nitrogens with zero attached hydrogens (tertiary/aromatic N) is 2. The number of sulfonamides is 1. The highest BCUT2D eigenvalue weighted by Crippen LogP contribution is 2.25. The van der Waals surface area contributed by atoms with Gasteiger partial charge in [-0.25, -0.2) is 8.42 Å². The van der Waals surface area contributed by atoms with E-state index in [-0.39, 0.29) is 23.8 Å². The second kappa shape index (κ2) is 13.9. The first-order valence-corrected chi connectivity index (χ1v) is 16.1. The lowest BCUT2D eigenvalue weighted by molar-refractivity contribution is -0.140. The Morgan fingerprint density at radius 2 is 1.34 bits per heavy atom. The van der Waals surface area contributed by atoms with Gasteiger partial charge in [-0.2, -0.15) is 0 Å². The molecule has 0 aromatic heterocycles. The highest BCUT2D eigenvalue weighted by molar-refractivity contribution is 7.92. The van der Waals surface area contributed by atoms with Crippen LogP contribution in [0.5, 0.6) is 0 Å². The molecular formula is C36H41N3O4S. The van der Waals surface area contributed by atoms with E-state index >= 15 is 0 Å². The van der Waals surface area contributed by atoms with Crippen molar-refractivity contribution >= 4 is 27.5 Å². The maximum Gasteiger partial charge on any atom is 0.264 e. The zero-order chi connectivity index (χ0) is 31.9. The van der Waals surface area contributed by atoms with Crippen LogP contribution < -0.4 is 9.62 Å². The summed E-state index contributed by atoms with van der Waals surface area (Å²) in [5.41, 5.74) is 3.47. The van der Waals surface area contributed by atoms with Crippen LogP contribution in [0.2, 0.25) is 0 Å². The molecule has 44 heavy (non-hydrogen) atoms. The summed E-state index contributed by atoms with van der Waals surface area (Å²) >= 11 is 0. The summed E-state index contributed by atoms with van der Waals surface area (Å²) in [6.45, 7) is 9.17. The van der Waals surface area contributed by atoms with Crippen LogP contribution >= 0.6 is 0 Å². The fraction of sp³-hybridized carbons (Fsp3) is 0.278. The molecule has 0 saturated heterocycles. The van der Waals surface area contributed by atoms with Crippen molar-refractivity contribution in [2.75, 3.05) is 10.8 Å². The molecule has 4 aromatic carbocycles. The lowest BCUT2D eigenvalue weighted by atomic mass is 10.0. The maximum absolute atomic E-state index is 14.5. The minimum Gasteiger partial charge on any atom is -0.350 e. The number of amides is 2. The second-order valence-corrected chi connectivity index (χ2v) is 14.0. The number of para-hydroxylation sites is 1. The van der Waals surface area contributed by atoms with Crippen molar-refractivity contribution in [3.05, 3.63) is 131 Å². The van der Waals surface area contributed by atoms with Crippen molar-refractivity contribution in [1.82, 2.24) is 10.2 Å². The number of anilines is 1. The first kappa shape index (κ1) is 32.5. The smallest absolute Gasteiger partial charge is 0.264 e. The summed E-state index contributed by atoms with van der Waals surface area (Å²) in [6, 6.07) is 31.5. The van der Waals surface area contributed by atoms with Crippen LogP contribution in [0, 0.1) is 13.8 Å². The summed E-state index contributed by atoms with van der Waals surface area (Å²) in [6.07, 6.45) is 0.260. The molecule has 0 aliphatic rings. The van der Waals surface area contributed by atoms with E-state index in [1.165, 1.54) is 4.90 Å². The van der Waals surface area contributed by atoms with E-state index in [0.29, 0.717) is 5.69 Å². The normalized spacial score (nSPS) is 12.3. The van der Waals surface area contributed by atoms with Gasteiger partial charge in [-0.15, -0.1) is 0 Å². The minimum absolute atomic E-state index is 0.0799. The molecule has 0 aliphatic heterocycles. The number of carbonyl (C=O) groups excluding carboxylic acids is 2. The number of aryl methyl sites for hydroxylation is 2. The van der Waals surface area contributed by atoms with Gasteiger partial charge in [0.1, 0.15) is 12.6 Å². The number of carbonyl (C=O) groups is 2. The Bertz CT molecular complexity index is 1670. The molecule has 8 heteroatoms. The van der Waals surface area contributed by atoms with Crippen LogP contribution in [0.4, 0.5) is 5.69 Å². The number of hydrogen-bond acceptors (Lipinski definition) is 4. The van der Waals surface area contributed by atoms with Crippen LogP contribution in [-0.4, -0.2) is 43.3 Å². The second-order valence-electron chi connectivity index (χ2n) is 12.1. The molecule has 1 unspecified atom stereocenters. The van der Waals surface area contributed by atoms with E-state index in [0.717, 1.165) is 26.6 Å². The molecule has 0 fully saturated rings. The molecule has 0 saturated carbocycles. The molecule has 0 bridgehead atoms. The van der Waals surface area contributed by atoms with Crippen LogP contribution in [-0.2, 0) is 32.6 Å². The van der Waals surface area contributed by atoms with Gasteiger partial charge in [0, 0.05) is 18.5 Å². The van der Waals surface area contributed by atoms with E-state index in [2.05, 4.69) is 5.32 Å². The lowest BCUT2D eigenvalue weighted by Crippen LogP contribution is -2.56. The van der Waals surface area contributed by atoms with Gasteiger partial charge in [0.2, 0.25) is 11.8 Å². The maximum atomic E-state index is 14.5. The number of benzene rings is 4. The van der Waals surface area contributed by atoms with Gasteiger partial charge in [-0.05, 0) is 70.0 Å². The van der Waals surface area contributed by atoms with E-state index in [9.17, 15) is 18.0 Å². The van der Waals surface area contributed by atoms with Crippen LogP contribution in [0.25, 0.3) is 0 Å². The first-order chi connectivity index (χ1) is 20.8. The fourth-order valence-corrected chi connectivity index (χ4v) is 6.39. The van der Waals surface area contributed by atoms with E-state index in [1.807, 2.05) is 89.2 Å². The molecule has 1 atom stereocenters. The van der Waals surface area contributed by atoms with Crippen LogP contribution in [0.1, 0.15) is 43.0 Å². The molecule has 4 aromatic rings. The summed E-state index contributed by atoms with van der Waals surface area (Å²) < 4.78 is 29.3. The third-order valence-electron chi connectivity index (χ3n) is 7.14. The zero-order valence-electron chi connectivity index (χ0n) is 26.0. The first-order valence-electron chi connectivity index (χ1n) is 14.7. The molecule has 1 N–H and O–H groups in total. The van der Waals surface area contributed by atoms with E-state index in [4.69, 9.17) is 0 Å². The largest absolute Gasteiger partial charge is 0.350 e. The molecule has 0 radical (unpaired) electrons. The summed E-state index contributed by atoms with van der Waals surface area (Å²) in [5, 5.41) is 3.05. The minimum atomic E-state index is -4.13. The predicted octanol–water partition coefficient (Wildman–Crippen LogP) is 6.05.